The van der Waals surface area contributed by atoms with Gasteiger partial charge in [0.15, 0.2) is 0 Å². The largest absolute Gasteiger partial charge is 0.388 e. The van der Waals surface area contributed by atoms with Crippen LogP contribution in [0.25, 0.3) is 6.08 Å². The maximum absolute atomic E-state index is 12.3. The van der Waals surface area contributed by atoms with Gasteiger partial charge in [-0.3, -0.25) is 9.59 Å². The minimum absolute atomic E-state index is 0.0101. The van der Waals surface area contributed by atoms with Crippen molar-refractivity contribution in [1.82, 2.24) is 10.2 Å². The van der Waals surface area contributed by atoms with Gasteiger partial charge in [-0.15, -0.1) is 0 Å². The number of carbonyl (C=O) groups excluding carboxylic acids is 2. The summed E-state index contributed by atoms with van der Waals surface area (Å²) in [5.41, 5.74) is 1.85. The predicted octanol–water partition coefficient (Wildman–Crippen LogP) is 2.79. The fraction of sp³-hybridized carbons (Fsp3) is 0.304. The van der Waals surface area contributed by atoms with Crippen molar-refractivity contribution in [3.05, 3.63) is 77.9 Å². The van der Waals surface area contributed by atoms with Crippen molar-refractivity contribution in [2.75, 3.05) is 19.6 Å². The molecule has 0 saturated carbocycles. The zero-order valence-corrected chi connectivity index (χ0v) is 15.8. The van der Waals surface area contributed by atoms with Crippen molar-refractivity contribution in [1.29, 1.82) is 0 Å². The summed E-state index contributed by atoms with van der Waals surface area (Å²) in [6, 6.07) is 19.2. The molecule has 0 spiro atoms. The number of nitrogens with one attached hydrogen (secondary N) is 1. The van der Waals surface area contributed by atoms with Gasteiger partial charge in [-0.2, -0.15) is 0 Å². The number of aliphatic hydroxyl groups is 1. The number of benzene rings is 2. The molecule has 1 aliphatic heterocycles. The van der Waals surface area contributed by atoms with Crippen LogP contribution in [0.3, 0.4) is 0 Å². The van der Waals surface area contributed by atoms with E-state index >= 15 is 0 Å². The van der Waals surface area contributed by atoms with Crippen molar-refractivity contribution in [3.8, 4) is 0 Å². The molecule has 1 heterocycles. The van der Waals surface area contributed by atoms with E-state index in [1.807, 2.05) is 60.7 Å². The van der Waals surface area contributed by atoms with E-state index < -0.39 is 6.10 Å². The summed E-state index contributed by atoms with van der Waals surface area (Å²) < 4.78 is 0. The number of hydrogen-bond acceptors (Lipinski definition) is 3. The van der Waals surface area contributed by atoms with Gasteiger partial charge in [0.25, 0.3) is 0 Å². The quantitative estimate of drug-likeness (QED) is 0.760. The van der Waals surface area contributed by atoms with E-state index in [-0.39, 0.29) is 24.3 Å². The molecule has 5 heteroatoms. The molecule has 2 aromatic rings. The molecule has 3 rings (SSSR count). The van der Waals surface area contributed by atoms with Gasteiger partial charge in [-0.25, -0.2) is 0 Å². The van der Waals surface area contributed by atoms with Crippen LogP contribution < -0.4 is 5.32 Å². The van der Waals surface area contributed by atoms with Crippen LogP contribution >= 0.6 is 0 Å². The van der Waals surface area contributed by atoms with Crippen LogP contribution in [0.2, 0.25) is 0 Å². The van der Waals surface area contributed by atoms with Crippen LogP contribution in [0.15, 0.2) is 66.7 Å². The number of amides is 2. The maximum atomic E-state index is 12.3. The second-order valence-corrected chi connectivity index (χ2v) is 7.04. The fourth-order valence-electron chi connectivity index (χ4n) is 3.46. The number of nitrogens with zero attached hydrogens (tertiary/aromatic N) is 1. The van der Waals surface area contributed by atoms with Crippen LogP contribution in [0.5, 0.6) is 0 Å². The Hall–Kier alpha value is -2.92. The Morgan fingerprint density at radius 3 is 2.29 bits per heavy atom. The molecule has 5 nitrogen and oxygen atoms in total. The molecule has 28 heavy (non-hydrogen) atoms. The Morgan fingerprint density at radius 1 is 1.04 bits per heavy atom. The summed E-state index contributed by atoms with van der Waals surface area (Å²) in [5, 5.41) is 13.2. The first-order chi connectivity index (χ1) is 13.6. The standard InChI is InChI=1S/C23H26N2O3/c26-21(12-11-18-7-3-1-4-8-18)24-17-22(27)25-15-13-20(14-16-25)23(28)19-9-5-2-6-10-19/h1-12,20,23,28H,13-17H2,(H,24,26)/b12-11+. The molecule has 2 N–H and O–H groups in total. The minimum Gasteiger partial charge on any atom is -0.388 e. The SMILES string of the molecule is O=C(/C=C/c1ccccc1)NCC(=O)N1CCC(C(O)c2ccccc2)CC1. The van der Waals surface area contributed by atoms with E-state index in [0.717, 1.165) is 24.0 Å². The Bertz CT molecular complexity index is 797. The van der Waals surface area contributed by atoms with Gasteiger partial charge in [0, 0.05) is 19.2 Å². The van der Waals surface area contributed by atoms with Crippen LogP contribution in [0, 0.1) is 5.92 Å². The Morgan fingerprint density at radius 2 is 1.64 bits per heavy atom. The lowest BCUT2D eigenvalue weighted by atomic mass is 9.87. The second-order valence-electron chi connectivity index (χ2n) is 7.04. The molecule has 146 valence electrons. The van der Waals surface area contributed by atoms with Crippen LogP contribution in [-0.2, 0) is 9.59 Å². The molecule has 1 aliphatic rings. The summed E-state index contributed by atoms with van der Waals surface area (Å²) in [6.45, 7) is 1.19. The van der Waals surface area contributed by atoms with Crippen molar-refractivity contribution in [3.63, 3.8) is 0 Å². The van der Waals surface area contributed by atoms with E-state index in [9.17, 15) is 14.7 Å². The highest BCUT2D eigenvalue weighted by Crippen LogP contribution is 2.30. The van der Waals surface area contributed by atoms with Crippen LogP contribution in [-0.4, -0.2) is 41.5 Å². The van der Waals surface area contributed by atoms with E-state index in [1.165, 1.54) is 6.08 Å². The lowest BCUT2D eigenvalue weighted by Gasteiger charge is -2.34. The first kappa shape index (κ1) is 19.8. The van der Waals surface area contributed by atoms with Gasteiger partial charge in [0.05, 0.1) is 12.6 Å². The summed E-state index contributed by atoms with van der Waals surface area (Å²) in [4.78, 5) is 26.0. The number of aliphatic hydroxyl groups excluding tert-OH is 1. The van der Waals surface area contributed by atoms with Gasteiger partial charge in [-0.1, -0.05) is 60.7 Å². The average Bonchev–Trinajstić information content (AvgIpc) is 2.77. The highest BCUT2D eigenvalue weighted by Gasteiger charge is 2.28. The summed E-state index contributed by atoms with van der Waals surface area (Å²) in [5.74, 6) is -0.226. The molecule has 2 aromatic carbocycles. The monoisotopic (exact) mass is 378 g/mol. The van der Waals surface area contributed by atoms with Crippen molar-refractivity contribution in [2.45, 2.75) is 18.9 Å². The molecule has 0 aliphatic carbocycles. The zero-order valence-electron chi connectivity index (χ0n) is 15.8. The number of carbonyl (C=O) groups is 2. The third-order valence-corrected chi connectivity index (χ3v) is 5.12. The number of piperidine rings is 1. The highest BCUT2D eigenvalue weighted by atomic mass is 16.3. The number of likely N-dealkylation sites (tertiary alicyclic amines) is 1. The van der Waals surface area contributed by atoms with E-state index in [4.69, 9.17) is 0 Å². The van der Waals surface area contributed by atoms with E-state index in [2.05, 4.69) is 5.32 Å². The third-order valence-electron chi connectivity index (χ3n) is 5.12. The molecule has 0 radical (unpaired) electrons. The molecule has 0 aromatic heterocycles. The summed E-state index contributed by atoms with van der Waals surface area (Å²) >= 11 is 0. The first-order valence-electron chi connectivity index (χ1n) is 9.65. The van der Waals surface area contributed by atoms with Gasteiger partial charge < -0.3 is 15.3 Å². The number of hydrogen-bond donors (Lipinski definition) is 2. The van der Waals surface area contributed by atoms with Gasteiger partial charge in [-0.05, 0) is 36.0 Å². The van der Waals surface area contributed by atoms with Crippen molar-refractivity contribution >= 4 is 17.9 Å². The van der Waals surface area contributed by atoms with Crippen molar-refractivity contribution in [2.24, 2.45) is 5.92 Å². The molecule has 1 atom stereocenters. The predicted molar refractivity (Wildman–Crippen MR) is 109 cm³/mol. The Kier molecular flexibility index (Phi) is 6.98. The fourth-order valence-corrected chi connectivity index (χ4v) is 3.46. The smallest absolute Gasteiger partial charge is 0.244 e. The third kappa shape index (κ3) is 5.54. The van der Waals surface area contributed by atoms with E-state index in [0.29, 0.717) is 13.1 Å². The lowest BCUT2D eigenvalue weighted by molar-refractivity contribution is -0.133. The second kappa shape index (κ2) is 9.85. The normalized spacial score (nSPS) is 16.1. The highest BCUT2D eigenvalue weighted by molar-refractivity contribution is 5.94. The molecule has 2 amide bonds. The number of rotatable bonds is 6. The molecule has 1 fully saturated rings. The van der Waals surface area contributed by atoms with Crippen LogP contribution in [0.1, 0.15) is 30.1 Å². The molecule has 1 unspecified atom stereocenters. The first-order valence-corrected chi connectivity index (χ1v) is 9.65. The maximum Gasteiger partial charge on any atom is 0.244 e. The molecular weight excluding hydrogens is 352 g/mol. The zero-order chi connectivity index (χ0) is 19.8. The minimum atomic E-state index is -0.499. The molecule has 0 bridgehead atoms. The average molecular weight is 378 g/mol. The van der Waals surface area contributed by atoms with E-state index in [1.54, 1.807) is 11.0 Å². The molecular formula is C23H26N2O3. The van der Waals surface area contributed by atoms with Gasteiger partial charge >= 0.3 is 0 Å². The van der Waals surface area contributed by atoms with Crippen LogP contribution in [0.4, 0.5) is 0 Å². The summed E-state index contributed by atoms with van der Waals surface area (Å²) in [6.07, 6.45) is 4.16. The topological polar surface area (TPSA) is 69.6 Å². The molecule has 1 saturated heterocycles. The summed E-state index contributed by atoms with van der Waals surface area (Å²) in [7, 11) is 0. The van der Waals surface area contributed by atoms with Gasteiger partial charge in [0.1, 0.15) is 0 Å². The lowest BCUT2D eigenvalue weighted by Crippen LogP contribution is -2.44. The Balaban J connectivity index is 1.41. The Labute approximate surface area is 165 Å². The van der Waals surface area contributed by atoms with Gasteiger partial charge in [0.2, 0.25) is 11.8 Å². The van der Waals surface area contributed by atoms with Crippen molar-refractivity contribution < 1.29 is 14.7 Å².